The second-order valence-corrected chi connectivity index (χ2v) is 10.7. The smallest absolute Gasteiger partial charge is 0.233 e. The minimum atomic E-state index is -3.02. The summed E-state index contributed by atoms with van der Waals surface area (Å²) in [5.41, 5.74) is 0. The lowest BCUT2D eigenvalue weighted by Gasteiger charge is -2.34. The first-order chi connectivity index (χ1) is 11.9. The summed E-state index contributed by atoms with van der Waals surface area (Å²) >= 11 is 13.5. The zero-order valence-electron chi connectivity index (χ0n) is 13.8. The summed E-state index contributed by atoms with van der Waals surface area (Å²) in [6.45, 7) is 0. The summed E-state index contributed by atoms with van der Waals surface area (Å²) in [5.74, 6) is 0.516. The van der Waals surface area contributed by atoms with E-state index in [-0.39, 0.29) is 35.2 Å². The molecule has 1 atom stereocenters. The minimum Gasteiger partial charge on any atom is -0.335 e. The molecular formula is C17H21Cl2NO3S2. The molecule has 2 aliphatic rings. The van der Waals surface area contributed by atoms with Crippen LogP contribution in [0.1, 0.15) is 32.1 Å². The first-order valence-electron chi connectivity index (χ1n) is 8.45. The molecule has 1 saturated heterocycles. The van der Waals surface area contributed by atoms with Crippen LogP contribution in [0.3, 0.4) is 0 Å². The zero-order valence-corrected chi connectivity index (χ0v) is 16.9. The SMILES string of the molecule is O=C(CSc1cc(Cl)ccc1Cl)N(C1CCCC1)[C@H]1CCS(=O)(=O)C1. The molecule has 4 nitrogen and oxygen atoms in total. The molecule has 1 amide bonds. The number of hydrogen-bond acceptors (Lipinski definition) is 4. The number of halogens is 2. The first kappa shape index (κ1) is 19.3. The van der Waals surface area contributed by atoms with Crippen molar-refractivity contribution in [3.63, 3.8) is 0 Å². The summed E-state index contributed by atoms with van der Waals surface area (Å²) in [4.78, 5) is 15.6. The lowest BCUT2D eigenvalue weighted by Crippen LogP contribution is -2.47. The van der Waals surface area contributed by atoms with Gasteiger partial charge in [-0.2, -0.15) is 0 Å². The third-order valence-electron chi connectivity index (χ3n) is 4.85. The fourth-order valence-electron chi connectivity index (χ4n) is 3.68. The van der Waals surface area contributed by atoms with Gasteiger partial charge < -0.3 is 4.90 Å². The number of thioether (sulfide) groups is 1. The van der Waals surface area contributed by atoms with Crippen LogP contribution >= 0.6 is 35.0 Å². The number of hydrogen-bond donors (Lipinski definition) is 0. The fourth-order valence-corrected chi connectivity index (χ4v) is 6.76. The number of nitrogens with zero attached hydrogens (tertiary/aromatic N) is 1. The van der Waals surface area contributed by atoms with Crippen molar-refractivity contribution in [1.82, 2.24) is 4.90 Å². The van der Waals surface area contributed by atoms with Crippen molar-refractivity contribution in [2.24, 2.45) is 0 Å². The van der Waals surface area contributed by atoms with Crippen molar-refractivity contribution in [3.8, 4) is 0 Å². The number of amides is 1. The molecule has 2 fully saturated rings. The predicted octanol–water partition coefficient (Wildman–Crippen LogP) is 4.04. The lowest BCUT2D eigenvalue weighted by molar-refractivity contribution is -0.132. The molecule has 138 valence electrons. The van der Waals surface area contributed by atoms with Crippen LogP contribution in [0.5, 0.6) is 0 Å². The van der Waals surface area contributed by atoms with E-state index in [1.165, 1.54) is 11.8 Å². The summed E-state index contributed by atoms with van der Waals surface area (Å²) in [5, 5.41) is 1.15. The van der Waals surface area contributed by atoms with Gasteiger partial charge >= 0.3 is 0 Å². The Hall–Kier alpha value is -0.430. The van der Waals surface area contributed by atoms with Crippen LogP contribution in [0.4, 0.5) is 0 Å². The van der Waals surface area contributed by atoms with E-state index in [1.807, 2.05) is 4.90 Å². The summed E-state index contributed by atoms with van der Waals surface area (Å²) in [7, 11) is -3.02. The monoisotopic (exact) mass is 421 g/mol. The van der Waals surface area contributed by atoms with E-state index in [0.29, 0.717) is 16.5 Å². The van der Waals surface area contributed by atoms with Crippen LogP contribution in [0, 0.1) is 0 Å². The van der Waals surface area contributed by atoms with Gasteiger partial charge in [0, 0.05) is 22.0 Å². The van der Waals surface area contributed by atoms with E-state index in [4.69, 9.17) is 23.2 Å². The van der Waals surface area contributed by atoms with Gasteiger partial charge in [0.15, 0.2) is 9.84 Å². The zero-order chi connectivity index (χ0) is 18.0. The maximum Gasteiger partial charge on any atom is 0.233 e. The molecule has 0 radical (unpaired) electrons. The third kappa shape index (κ3) is 4.85. The number of rotatable bonds is 5. The highest BCUT2D eigenvalue weighted by Crippen LogP contribution is 2.33. The van der Waals surface area contributed by atoms with Gasteiger partial charge in [0.1, 0.15) is 0 Å². The fraction of sp³-hybridized carbons (Fsp3) is 0.588. The average Bonchev–Trinajstić information content (AvgIpc) is 3.19. The van der Waals surface area contributed by atoms with Crippen LogP contribution in [0.2, 0.25) is 10.0 Å². The molecule has 1 aliphatic carbocycles. The molecule has 0 N–H and O–H groups in total. The molecule has 1 aromatic rings. The molecule has 8 heteroatoms. The van der Waals surface area contributed by atoms with E-state index in [0.717, 1.165) is 30.6 Å². The largest absolute Gasteiger partial charge is 0.335 e. The Labute approximate surface area is 163 Å². The Morgan fingerprint density at radius 1 is 1.16 bits per heavy atom. The maximum atomic E-state index is 12.9. The van der Waals surface area contributed by atoms with Gasteiger partial charge in [-0.05, 0) is 37.5 Å². The Morgan fingerprint density at radius 3 is 2.52 bits per heavy atom. The molecule has 1 aromatic carbocycles. The van der Waals surface area contributed by atoms with E-state index in [2.05, 4.69) is 0 Å². The standard InChI is InChI=1S/C17H21Cl2NO3S2/c18-12-5-6-15(19)16(9-12)24-10-17(21)20(13-3-1-2-4-13)14-7-8-25(22,23)11-14/h5-6,9,13-14H,1-4,7-8,10-11H2/t14-/m0/s1. The Kier molecular flexibility index (Phi) is 6.24. The Bertz CT molecular complexity index is 748. The topological polar surface area (TPSA) is 54.5 Å². The summed E-state index contributed by atoms with van der Waals surface area (Å²) in [6.07, 6.45) is 4.67. The molecule has 0 unspecified atom stereocenters. The molecular weight excluding hydrogens is 401 g/mol. The van der Waals surface area contributed by atoms with Gasteiger partial charge in [-0.3, -0.25) is 4.79 Å². The highest BCUT2D eigenvalue weighted by Gasteiger charge is 2.38. The van der Waals surface area contributed by atoms with Gasteiger partial charge in [-0.15, -0.1) is 11.8 Å². The molecule has 3 rings (SSSR count). The Balaban J connectivity index is 1.72. The molecule has 0 aromatic heterocycles. The van der Waals surface area contributed by atoms with Crippen molar-refractivity contribution in [2.75, 3.05) is 17.3 Å². The van der Waals surface area contributed by atoms with Crippen LogP contribution in [-0.2, 0) is 14.6 Å². The van der Waals surface area contributed by atoms with Crippen LogP contribution in [-0.4, -0.2) is 48.6 Å². The number of carbonyl (C=O) groups is 1. The van der Waals surface area contributed by atoms with Crippen molar-refractivity contribution < 1.29 is 13.2 Å². The molecule has 1 saturated carbocycles. The van der Waals surface area contributed by atoms with Crippen molar-refractivity contribution in [2.45, 2.75) is 49.1 Å². The summed E-state index contributed by atoms with van der Waals surface area (Å²) in [6, 6.07) is 5.16. The highest BCUT2D eigenvalue weighted by atomic mass is 35.5. The third-order valence-corrected chi connectivity index (χ3v) is 8.32. The van der Waals surface area contributed by atoms with E-state index in [1.54, 1.807) is 18.2 Å². The normalized spacial score (nSPS) is 23.0. The van der Waals surface area contributed by atoms with Crippen molar-refractivity contribution >= 4 is 50.7 Å². The maximum absolute atomic E-state index is 12.9. The van der Waals surface area contributed by atoms with Gasteiger partial charge in [-0.1, -0.05) is 36.0 Å². The van der Waals surface area contributed by atoms with E-state index in [9.17, 15) is 13.2 Å². The van der Waals surface area contributed by atoms with Crippen molar-refractivity contribution in [1.29, 1.82) is 0 Å². The van der Waals surface area contributed by atoms with E-state index < -0.39 is 9.84 Å². The predicted molar refractivity (Wildman–Crippen MR) is 103 cm³/mol. The number of sulfone groups is 1. The number of benzene rings is 1. The number of carbonyl (C=O) groups excluding carboxylic acids is 1. The lowest BCUT2D eigenvalue weighted by atomic mass is 10.1. The molecule has 1 heterocycles. The second-order valence-electron chi connectivity index (χ2n) is 6.66. The van der Waals surface area contributed by atoms with Gasteiger partial charge in [-0.25, -0.2) is 8.42 Å². The average molecular weight is 422 g/mol. The van der Waals surface area contributed by atoms with Crippen LogP contribution in [0.15, 0.2) is 23.1 Å². The molecule has 25 heavy (non-hydrogen) atoms. The van der Waals surface area contributed by atoms with Crippen LogP contribution < -0.4 is 0 Å². The minimum absolute atomic E-state index is 0.00459. The van der Waals surface area contributed by atoms with Gasteiger partial charge in [0.25, 0.3) is 0 Å². The van der Waals surface area contributed by atoms with Crippen LogP contribution in [0.25, 0.3) is 0 Å². The van der Waals surface area contributed by atoms with Gasteiger partial charge in [0.2, 0.25) is 5.91 Å². The highest BCUT2D eigenvalue weighted by molar-refractivity contribution is 8.00. The molecule has 1 aliphatic heterocycles. The quantitative estimate of drug-likeness (QED) is 0.672. The molecule has 0 spiro atoms. The Morgan fingerprint density at radius 2 is 1.88 bits per heavy atom. The summed E-state index contributed by atoms with van der Waals surface area (Å²) < 4.78 is 23.7. The second kappa shape index (κ2) is 8.07. The first-order valence-corrected chi connectivity index (χ1v) is 12.0. The van der Waals surface area contributed by atoms with E-state index >= 15 is 0 Å². The van der Waals surface area contributed by atoms with Crippen molar-refractivity contribution in [3.05, 3.63) is 28.2 Å². The van der Waals surface area contributed by atoms with Gasteiger partial charge in [0.05, 0.1) is 22.3 Å². The molecule has 0 bridgehead atoms.